The minimum Gasteiger partial charge on any atom is -0.382 e. The lowest BCUT2D eigenvalue weighted by atomic mass is 10.0. The summed E-state index contributed by atoms with van der Waals surface area (Å²) in [7, 11) is 0. The fraction of sp³-hybridized carbons (Fsp3) is 0.231. The molecule has 0 aliphatic carbocycles. The van der Waals surface area contributed by atoms with Crippen LogP contribution in [0.15, 0.2) is 48.8 Å². The summed E-state index contributed by atoms with van der Waals surface area (Å²) in [4.78, 5) is 13.3. The predicted molar refractivity (Wildman–Crippen MR) is 126 cm³/mol. The number of rotatable bonds is 5. The predicted octanol–water partition coefficient (Wildman–Crippen LogP) is 5.16. The van der Waals surface area contributed by atoms with E-state index in [0.29, 0.717) is 17.0 Å². The Bertz CT molecular complexity index is 1390. The van der Waals surface area contributed by atoms with Crippen LogP contribution in [0.4, 0.5) is 10.1 Å². The first kappa shape index (κ1) is 22.3. The summed E-state index contributed by atoms with van der Waals surface area (Å²) in [6.45, 7) is 7.42. The summed E-state index contributed by atoms with van der Waals surface area (Å²) in [6, 6.07) is 12.3. The Hall–Kier alpha value is -3.89. The average molecular weight is 442 g/mol. The average Bonchev–Trinajstić information content (AvgIpc) is 2.79. The summed E-state index contributed by atoms with van der Waals surface area (Å²) >= 11 is 0. The summed E-state index contributed by atoms with van der Waals surface area (Å²) < 4.78 is 14.3. The van der Waals surface area contributed by atoms with E-state index in [1.54, 1.807) is 32.3 Å². The molecule has 0 aliphatic rings. The Kier molecular flexibility index (Phi) is 5.79. The molecule has 0 radical (unpaired) electrons. The fourth-order valence-corrected chi connectivity index (χ4v) is 3.64. The van der Waals surface area contributed by atoms with Gasteiger partial charge in [-0.25, -0.2) is 14.4 Å². The van der Waals surface area contributed by atoms with Crippen LogP contribution < -0.4 is 5.32 Å². The van der Waals surface area contributed by atoms with Crippen molar-refractivity contribution in [1.82, 2.24) is 15.0 Å². The van der Waals surface area contributed by atoms with Gasteiger partial charge in [0.15, 0.2) is 5.82 Å². The maximum atomic E-state index is 14.3. The molecule has 4 aromatic rings. The van der Waals surface area contributed by atoms with Crippen LogP contribution in [0.2, 0.25) is 0 Å². The van der Waals surface area contributed by atoms with Crippen LogP contribution in [-0.2, 0) is 12.1 Å². The molecule has 6 nitrogen and oxygen atoms in total. The van der Waals surface area contributed by atoms with E-state index in [1.807, 2.05) is 38.1 Å². The Balaban J connectivity index is 1.75. The van der Waals surface area contributed by atoms with Crippen molar-refractivity contribution in [2.75, 3.05) is 5.32 Å². The van der Waals surface area contributed by atoms with E-state index < -0.39 is 5.60 Å². The van der Waals surface area contributed by atoms with Crippen molar-refractivity contribution in [3.8, 4) is 17.2 Å². The molecule has 166 valence electrons. The molecule has 33 heavy (non-hydrogen) atoms. The van der Waals surface area contributed by atoms with E-state index >= 15 is 0 Å². The number of hydrogen-bond donors (Lipinski definition) is 2. The Labute approximate surface area is 191 Å². The molecule has 2 aromatic carbocycles. The van der Waals surface area contributed by atoms with E-state index in [0.717, 1.165) is 39.0 Å². The smallest absolute Gasteiger partial charge is 0.159 e. The van der Waals surface area contributed by atoms with Gasteiger partial charge in [-0.2, -0.15) is 5.26 Å². The summed E-state index contributed by atoms with van der Waals surface area (Å²) in [6.07, 6.45) is 3.37. The molecular weight excluding hydrogens is 417 g/mol. The molecule has 4 rings (SSSR count). The van der Waals surface area contributed by atoms with Gasteiger partial charge in [0.1, 0.15) is 11.4 Å². The monoisotopic (exact) mass is 441 g/mol. The quantitative estimate of drug-likeness (QED) is 0.444. The lowest BCUT2D eigenvalue weighted by Gasteiger charge is -2.17. The number of aliphatic hydroxyl groups is 1. The first-order valence-electron chi connectivity index (χ1n) is 10.6. The number of halogens is 1. The summed E-state index contributed by atoms with van der Waals surface area (Å²) in [5, 5.41) is 23.5. The zero-order valence-corrected chi connectivity index (χ0v) is 18.9. The number of pyridine rings is 1. The third-order valence-corrected chi connectivity index (χ3v) is 5.63. The molecule has 0 spiro atoms. The molecule has 7 heteroatoms. The second kappa shape index (κ2) is 8.57. The van der Waals surface area contributed by atoms with Gasteiger partial charge in [-0.15, -0.1) is 0 Å². The normalized spacial score (nSPS) is 11.4. The lowest BCUT2D eigenvalue weighted by molar-refractivity contribution is 0.0687. The van der Waals surface area contributed by atoms with Crippen LogP contribution >= 0.6 is 0 Å². The van der Waals surface area contributed by atoms with E-state index in [9.17, 15) is 9.50 Å². The number of anilines is 1. The zero-order chi connectivity index (χ0) is 23.8. The maximum Gasteiger partial charge on any atom is 0.159 e. The highest BCUT2D eigenvalue weighted by Crippen LogP contribution is 2.32. The first-order valence-corrected chi connectivity index (χ1v) is 10.6. The largest absolute Gasteiger partial charge is 0.382 e. The molecule has 2 N–H and O–H groups in total. The Morgan fingerprint density at radius 1 is 1.06 bits per heavy atom. The van der Waals surface area contributed by atoms with Crippen molar-refractivity contribution in [2.24, 2.45) is 0 Å². The highest BCUT2D eigenvalue weighted by atomic mass is 19.1. The molecular formula is C26H24FN5O. The number of aryl methyl sites for hydroxylation is 1. The maximum absolute atomic E-state index is 14.3. The standard InChI is InChI=1S/C26H24FN5O/c1-15-16(2)32-23-8-6-18(20-13-30-25(31-14-20)26(3,4)33)10-21(23)24(15)29-12-19-9-17(11-28)5-7-22(19)27/h5-10,13-14,33H,12H2,1-4H3,(H,29,32). The molecule has 0 aliphatic heterocycles. The van der Waals surface area contributed by atoms with Crippen molar-refractivity contribution in [1.29, 1.82) is 5.26 Å². The van der Waals surface area contributed by atoms with Gasteiger partial charge in [0.25, 0.3) is 0 Å². The van der Waals surface area contributed by atoms with Gasteiger partial charge in [-0.1, -0.05) is 6.07 Å². The number of fused-ring (bicyclic) bond motifs is 1. The Morgan fingerprint density at radius 3 is 2.45 bits per heavy atom. The van der Waals surface area contributed by atoms with Gasteiger partial charge in [0.05, 0.1) is 17.1 Å². The van der Waals surface area contributed by atoms with Crippen molar-refractivity contribution < 1.29 is 9.50 Å². The van der Waals surface area contributed by atoms with Crippen molar-refractivity contribution in [3.63, 3.8) is 0 Å². The first-order chi connectivity index (χ1) is 15.7. The minimum absolute atomic E-state index is 0.231. The topological polar surface area (TPSA) is 94.7 Å². The fourth-order valence-electron chi connectivity index (χ4n) is 3.64. The van der Waals surface area contributed by atoms with E-state index in [-0.39, 0.29) is 12.4 Å². The number of nitriles is 1. The molecule has 0 bridgehead atoms. The number of aromatic nitrogens is 3. The van der Waals surface area contributed by atoms with Crippen LogP contribution in [0, 0.1) is 31.0 Å². The molecule has 0 unspecified atom stereocenters. The lowest BCUT2D eigenvalue weighted by Crippen LogP contribution is -2.19. The van der Waals surface area contributed by atoms with Crippen LogP contribution in [0.5, 0.6) is 0 Å². The molecule has 0 saturated heterocycles. The van der Waals surface area contributed by atoms with Crippen molar-refractivity contribution >= 4 is 16.6 Å². The highest BCUT2D eigenvalue weighted by Gasteiger charge is 2.19. The highest BCUT2D eigenvalue weighted by molar-refractivity contribution is 5.96. The van der Waals surface area contributed by atoms with Crippen LogP contribution in [-0.4, -0.2) is 20.1 Å². The molecule has 0 amide bonds. The third kappa shape index (κ3) is 4.52. The van der Waals surface area contributed by atoms with Crippen molar-refractivity contribution in [2.45, 2.75) is 39.8 Å². The van der Waals surface area contributed by atoms with E-state index in [2.05, 4.69) is 15.3 Å². The third-order valence-electron chi connectivity index (χ3n) is 5.63. The second-order valence-electron chi connectivity index (χ2n) is 8.56. The molecule has 2 aromatic heterocycles. The SMILES string of the molecule is Cc1nc2ccc(-c3cnc(C(C)(C)O)nc3)cc2c(NCc2cc(C#N)ccc2F)c1C. The second-order valence-corrected chi connectivity index (χ2v) is 8.56. The number of nitrogens with zero attached hydrogens (tertiary/aromatic N) is 4. The number of nitrogens with one attached hydrogen (secondary N) is 1. The van der Waals surface area contributed by atoms with Crippen LogP contribution in [0.25, 0.3) is 22.0 Å². The van der Waals surface area contributed by atoms with Crippen molar-refractivity contribution in [3.05, 3.63) is 82.8 Å². The van der Waals surface area contributed by atoms with Crippen LogP contribution in [0.3, 0.4) is 0 Å². The van der Waals surface area contributed by atoms with Gasteiger partial charge in [0.2, 0.25) is 0 Å². The molecule has 0 saturated carbocycles. The summed E-state index contributed by atoms with van der Waals surface area (Å²) in [5.41, 5.74) is 4.93. The zero-order valence-electron chi connectivity index (χ0n) is 18.9. The molecule has 2 heterocycles. The van der Waals surface area contributed by atoms with Crippen LogP contribution in [0.1, 0.15) is 42.1 Å². The Morgan fingerprint density at radius 2 is 1.79 bits per heavy atom. The molecule has 0 atom stereocenters. The minimum atomic E-state index is -1.12. The van der Waals surface area contributed by atoms with E-state index in [4.69, 9.17) is 10.2 Å². The molecule has 0 fully saturated rings. The van der Waals surface area contributed by atoms with Gasteiger partial charge >= 0.3 is 0 Å². The number of hydrogen-bond acceptors (Lipinski definition) is 6. The number of benzene rings is 2. The summed E-state index contributed by atoms with van der Waals surface area (Å²) in [5.74, 6) is -0.0110. The van der Waals surface area contributed by atoms with Gasteiger partial charge in [-0.05, 0) is 69.2 Å². The van der Waals surface area contributed by atoms with Gasteiger partial charge in [-0.3, -0.25) is 4.98 Å². The van der Waals surface area contributed by atoms with E-state index in [1.165, 1.54) is 12.1 Å². The van der Waals surface area contributed by atoms with Gasteiger partial charge < -0.3 is 10.4 Å². The van der Waals surface area contributed by atoms with Gasteiger partial charge in [0, 0.05) is 46.8 Å².